The molecule has 0 aliphatic rings. The van der Waals surface area contributed by atoms with E-state index in [1.165, 1.54) is 26.7 Å². The second-order valence-electron chi connectivity index (χ2n) is 5.55. The molecule has 1 aromatic heterocycles. The second-order valence-corrected chi connectivity index (χ2v) is 6.84. The topological polar surface area (TPSA) is 49.3 Å². The van der Waals surface area contributed by atoms with E-state index < -0.39 is 0 Å². The molecule has 4 nitrogen and oxygen atoms in total. The number of nitrogens with zero attached hydrogens (tertiary/aromatic N) is 2. The van der Waals surface area contributed by atoms with Crippen LogP contribution < -0.4 is 10.6 Å². The Morgan fingerprint density at radius 2 is 1.91 bits per heavy atom. The number of nitrogens with one attached hydrogen (secondary N) is 2. The van der Waals surface area contributed by atoms with Gasteiger partial charge in [0.1, 0.15) is 0 Å². The molecule has 1 aromatic carbocycles. The molecular weight excluding hydrogens is 304 g/mol. The number of aryl methyl sites for hydroxylation is 3. The smallest absolute Gasteiger partial charge is 0.191 e. The Morgan fingerprint density at radius 1 is 1.17 bits per heavy atom. The average molecular weight is 331 g/mol. The van der Waals surface area contributed by atoms with Crippen LogP contribution in [0.3, 0.4) is 0 Å². The van der Waals surface area contributed by atoms with Crippen molar-refractivity contribution in [3.8, 4) is 0 Å². The predicted molar refractivity (Wildman–Crippen MR) is 99.3 cm³/mol. The molecule has 2 aromatic rings. The third-order valence-corrected chi connectivity index (χ3v) is 4.78. The van der Waals surface area contributed by atoms with E-state index in [-0.39, 0.29) is 0 Å². The van der Waals surface area contributed by atoms with E-state index in [2.05, 4.69) is 65.6 Å². The minimum atomic E-state index is 0.774. The third kappa shape index (κ3) is 5.36. The summed E-state index contributed by atoms with van der Waals surface area (Å²) >= 11 is 1.80. The fraction of sp³-hybridized carbons (Fsp3) is 0.444. The fourth-order valence-corrected chi connectivity index (χ4v) is 3.34. The van der Waals surface area contributed by atoms with Crippen molar-refractivity contribution in [3.05, 3.63) is 51.0 Å². The molecular formula is C18H26N4S. The zero-order chi connectivity index (χ0) is 16.7. The normalized spacial score (nSPS) is 11.6. The highest BCUT2D eigenvalue weighted by molar-refractivity contribution is 7.11. The minimum absolute atomic E-state index is 0.774. The average Bonchev–Trinajstić information content (AvgIpc) is 2.92. The molecule has 0 unspecified atom stereocenters. The molecule has 0 spiro atoms. The second kappa shape index (κ2) is 8.67. The Labute approximate surface area is 143 Å². The molecule has 0 aliphatic heterocycles. The van der Waals surface area contributed by atoms with Crippen molar-refractivity contribution in [3.63, 3.8) is 0 Å². The number of hydrogen-bond acceptors (Lipinski definition) is 3. The van der Waals surface area contributed by atoms with Gasteiger partial charge in [0, 0.05) is 31.4 Å². The molecule has 0 fully saturated rings. The van der Waals surface area contributed by atoms with Crippen molar-refractivity contribution >= 4 is 17.3 Å². The third-order valence-electron chi connectivity index (χ3n) is 3.71. The van der Waals surface area contributed by atoms with Crippen LogP contribution >= 0.6 is 11.3 Å². The molecule has 0 amide bonds. The van der Waals surface area contributed by atoms with Gasteiger partial charge in [0.05, 0.1) is 10.7 Å². The number of guanidine groups is 1. The van der Waals surface area contributed by atoms with Crippen molar-refractivity contribution in [2.75, 3.05) is 13.6 Å². The number of aliphatic imine (C=N–C) groups is 1. The van der Waals surface area contributed by atoms with Crippen LogP contribution in [0.4, 0.5) is 0 Å². The maximum absolute atomic E-state index is 4.67. The quantitative estimate of drug-likeness (QED) is 0.631. The van der Waals surface area contributed by atoms with Crippen LogP contribution in [-0.4, -0.2) is 24.5 Å². The summed E-state index contributed by atoms with van der Waals surface area (Å²) in [6.07, 6.45) is 1.94. The van der Waals surface area contributed by atoms with Crippen molar-refractivity contribution in [2.24, 2.45) is 4.99 Å². The Balaban J connectivity index is 1.77. The van der Waals surface area contributed by atoms with Crippen molar-refractivity contribution in [1.82, 2.24) is 15.6 Å². The summed E-state index contributed by atoms with van der Waals surface area (Å²) in [6, 6.07) is 8.53. The Kier molecular flexibility index (Phi) is 6.59. The molecule has 5 heteroatoms. The van der Waals surface area contributed by atoms with Gasteiger partial charge in [-0.3, -0.25) is 4.99 Å². The van der Waals surface area contributed by atoms with E-state index in [1.807, 2.05) is 0 Å². The Morgan fingerprint density at radius 3 is 2.52 bits per heavy atom. The van der Waals surface area contributed by atoms with Gasteiger partial charge in [-0.15, -0.1) is 11.3 Å². The molecule has 0 aliphatic carbocycles. The van der Waals surface area contributed by atoms with Crippen LogP contribution in [0.1, 0.15) is 33.6 Å². The van der Waals surface area contributed by atoms with Crippen LogP contribution in [0.2, 0.25) is 0 Å². The Hall–Kier alpha value is -1.88. The van der Waals surface area contributed by atoms with E-state index in [4.69, 9.17) is 0 Å². The lowest BCUT2D eigenvalue weighted by atomic mass is 10.1. The van der Waals surface area contributed by atoms with Gasteiger partial charge in [-0.05, 0) is 25.8 Å². The number of rotatable bonds is 6. The van der Waals surface area contributed by atoms with Gasteiger partial charge in [0.25, 0.3) is 0 Å². The summed E-state index contributed by atoms with van der Waals surface area (Å²) in [5.41, 5.74) is 3.76. The number of hydrogen-bond donors (Lipinski definition) is 2. The lowest BCUT2D eigenvalue weighted by molar-refractivity contribution is 0.789. The first kappa shape index (κ1) is 17.5. The molecule has 2 rings (SSSR count). The maximum Gasteiger partial charge on any atom is 0.191 e. The summed E-state index contributed by atoms with van der Waals surface area (Å²) in [5.74, 6) is 0.828. The first-order valence-electron chi connectivity index (χ1n) is 8.07. The SMILES string of the molecule is CCc1nc(CCNC(=NC)NCc2ccc(C)cc2)sc1C. The van der Waals surface area contributed by atoms with Gasteiger partial charge in [-0.1, -0.05) is 36.8 Å². The standard InChI is InChI=1S/C18H26N4S/c1-5-16-14(3)23-17(22-16)10-11-20-18(19-4)21-12-15-8-6-13(2)7-9-15/h6-9H,5,10-12H2,1-4H3,(H2,19,20,21). The van der Waals surface area contributed by atoms with Crippen LogP contribution in [0.25, 0.3) is 0 Å². The summed E-state index contributed by atoms with van der Waals surface area (Å²) < 4.78 is 0. The first-order chi connectivity index (χ1) is 11.1. The molecule has 0 atom stereocenters. The van der Waals surface area contributed by atoms with Crippen LogP contribution in [0.5, 0.6) is 0 Å². The van der Waals surface area contributed by atoms with Crippen LogP contribution in [0.15, 0.2) is 29.3 Å². The van der Waals surface area contributed by atoms with Gasteiger partial charge < -0.3 is 10.6 Å². The molecule has 1 heterocycles. The molecule has 0 saturated heterocycles. The Bertz CT molecular complexity index is 644. The summed E-state index contributed by atoms with van der Waals surface area (Å²) in [4.78, 5) is 10.3. The van der Waals surface area contributed by atoms with Crippen LogP contribution in [0, 0.1) is 13.8 Å². The van der Waals surface area contributed by atoms with Gasteiger partial charge in [0.15, 0.2) is 5.96 Å². The van der Waals surface area contributed by atoms with Gasteiger partial charge >= 0.3 is 0 Å². The van der Waals surface area contributed by atoms with Crippen molar-refractivity contribution in [2.45, 2.75) is 40.2 Å². The zero-order valence-corrected chi connectivity index (χ0v) is 15.3. The molecule has 0 radical (unpaired) electrons. The van der Waals surface area contributed by atoms with E-state index in [0.717, 1.165) is 31.9 Å². The predicted octanol–water partition coefficient (Wildman–Crippen LogP) is 3.23. The highest BCUT2D eigenvalue weighted by atomic mass is 32.1. The number of benzene rings is 1. The molecule has 124 valence electrons. The highest BCUT2D eigenvalue weighted by Crippen LogP contribution is 2.17. The van der Waals surface area contributed by atoms with E-state index >= 15 is 0 Å². The molecule has 0 saturated carbocycles. The number of thiazole rings is 1. The fourth-order valence-electron chi connectivity index (χ4n) is 2.32. The van der Waals surface area contributed by atoms with Gasteiger partial charge in [0.2, 0.25) is 0 Å². The van der Waals surface area contributed by atoms with Crippen molar-refractivity contribution < 1.29 is 0 Å². The maximum atomic E-state index is 4.67. The molecule has 23 heavy (non-hydrogen) atoms. The van der Waals surface area contributed by atoms with Gasteiger partial charge in [-0.25, -0.2) is 4.98 Å². The monoisotopic (exact) mass is 330 g/mol. The highest BCUT2D eigenvalue weighted by Gasteiger charge is 2.06. The first-order valence-corrected chi connectivity index (χ1v) is 8.89. The van der Waals surface area contributed by atoms with E-state index in [0.29, 0.717) is 0 Å². The lowest BCUT2D eigenvalue weighted by Crippen LogP contribution is -2.37. The molecule has 2 N–H and O–H groups in total. The number of aromatic nitrogens is 1. The van der Waals surface area contributed by atoms with Crippen LogP contribution in [-0.2, 0) is 19.4 Å². The largest absolute Gasteiger partial charge is 0.356 e. The van der Waals surface area contributed by atoms with Crippen molar-refractivity contribution in [1.29, 1.82) is 0 Å². The molecule has 0 bridgehead atoms. The minimum Gasteiger partial charge on any atom is -0.356 e. The summed E-state index contributed by atoms with van der Waals surface area (Å²) in [7, 11) is 1.80. The van der Waals surface area contributed by atoms with E-state index in [9.17, 15) is 0 Å². The summed E-state index contributed by atoms with van der Waals surface area (Å²) in [5, 5.41) is 7.89. The van der Waals surface area contributed by atoms with Gasteiger partial charge in [-0.2, -0.15) is 0 Å². The van der Waals surface area contributed by atoms with E-state index in [1.54, 1.807) is 18.4 Å². The lowest BCUT2D eigenvalue weighted by Gasteiger charge is -2.11. The summed E-state index contributed by atoms with van der Waals surface area (Å²) in [6.45, 7) is 8.01. The zero-order valence-electron chi connectivity index (χ0n) is 14.4.